The second-order valence-electron chi connectivity index (χ2n) is 4.36. The molecule has 5 nitrogen and oxygen atoms in total. The molecular formula is C13H16F3NO4. The van der Waals surface area contributed by atoms with Crippen LogP contribution in [-0.4, -0.2) is 48.6 Å². The Morgan fingerprint density at radius 2 is 1.81 bits per heavy atom. The van der Waals surface area contributed by atoms with E-state index in [2.05, 4.69) is 4.74 Å². The Kier molecular flexibility index (Phi) is 5.83. The van der Waals surface area contributed by atoms with Crippen molar-refractivity contribution in [2.75, 3.05) is 20.2 Å². The minimum atomic E-state index is -4.72. The first-order valence-electron chi connectivity index (χ1n) is 6.10. The number of nitrogens with zero attached hydrogens (tertiary/aromatic N) is 1. The van der Waals surface area contributed by atoms with Gasteiger partial charge in [0.1, 0.15) is 24.1 Å². The molecule has 1 aromatic rings. The molecule has 0 aliphatic heterocycles. The first-order chi connectivity index (χ1) is 9.69. The first kappa shape index (κ1) is 17.1. The molecule has 0 aromatic heterocycles. The van der Waals surface area contributed by atoms with Gasteiger partial charge in [-0.05, 0) is 38.2 Å². The van der Waals surface area contributed by atoms with E-state index >= 15 is 0 Å². The fraction of sp³-hybridized carbons (Fsp3) is 0.462. The van der Waals surface area contributed by atoms with Crippen LogP contribution in [0, 0.1) is 0 Å². The van der Waals surface area contributed by atoms with Crippen molar-refractivity contribution in [1.82, 2.24) is 4.90 Å². The third kappa shape index (κ3) is 6.35. The highest BCUT2D eigenvalue weighted by atomic mass is 19.4. The smallest absolute Gasteiger partial charge is 0.492 e. The number of carbonyl (C=O) groups is 1. The van der Waals surface area contributed by atoms with E-state index in [-0.39, 0.29) is 12.4 Å². The second-order valence-corrected chi connectivity index (χ2v) is 4.36. The molecule has 1 atom stereocenters. The zero-order valence-corrected chi connectivity index (χ0v) is 11.6. The number of rotatable bonds is 7. The number of likely N-dealkylation sites (N-methyl/N-ethyl adjacent to an activating group) is 1. The summed E-state index contributed by atoms with van der Waals surface area (Å²) in [7, 11) is 1.64. The van der Waals surface area contributed by atoms with Crippen LogP contribution in [0.15, 0.2) is 24.3 Å². The van der Waals surface area contributed by atoms with Crippen LogP contribution >= 0.6 is 0 Å². The highest BCUT2D eigenvalue weighted by Crippen LogP contribution is 2.24. The van der Waals surface area contributed by atoms with Crippen molar-refractivity contribution in [3.63, 3.8) is 0 Å². The number of hydrogen-bond donors (Lipinski definition) is 1. The highest BCUT2D eigenvalue weighted by molar-refractivity contribution is 5.72. The summed E-state index contributed by atoms with van der Waals surface area (Å²) in [5.74, 6) is -0.890. The van der Waals surface area contributed by atoms with Crippen LogP contribution < -0.4 is 9.47 Å². The maximum Gasteiger partial charge on any atom is 0.573 e. The van der Waals surface area contributed by atoms with Gasteiger partial charge in [-0.15, -0.1) is 13.2 Å². The van der Waals surface area contributed by atoms with E-state index in [1.807, 2.05) is 0 Å². The van der Waals surface area contributed by atoms with Crippen LogP contribution in [-0.2, 0) is 4.79 Å². The fourth-order valence-electron chi connectivity index (χ4n) is 1.43. The molecular weight excluding hydrogens is 291 g/mol. The first-order valence-corrected chi connectivity index (χ1v) is 6.10. The number of aliphatic carboxylic acids is 1. The Balaban J connectivity index is 2.41. The number of hydrogen-bond acceptors (Lipinski definition) is 4. The number of ether oxygens (including phenoxy) is 2. The predicted molar refractivity (Wildman–Crippen MR) is 68.3 cm³/mol. The lowest BCUT2D eigenvalue weighted by atomic mass is 10.3. The Morgan fingerprint density at radius 1 is 1.29 bits per heavy atom. The number of carboxylic acid groups (broad SMARTS) is 1. The topological polar surface area (TPSA) is 59.0 Å². The molecule has 1 N–H and O–H groups in total. The second kappa shape index (κ2) is 7.16. The molecule has 0 spiro atoms. The monoisotopic (exact) mass is 307 g/mol. The Hall–Kier alpha value is -1.96. The summed E-state index contributed by atoms with van der Waals surface area (Å²) in [4.78, 5) is 12.3. The molecule has 1 unspecified atom stereocenters. The normalized spacial score (nSPS) is 13.0. The number of carboxylic acids is 1. The molecule has 8 heteroatoms. The number of alkyl halides is 3. The van der Waals surface area contributed by atoms with Crippen LogP contribution in [0.5, 0.6) is 11.5 Å². The predicted octanol–water partition coefficient (Wildman–Crippen LogP) is 2.37. The molecule has 1 aromatic carbocycles. The summed E-state index contributed by atoms with van der Waals surface area (Å²) in [6.45, 7) is 2.13. The molecule has 0 aliphatic carbocycles. The summed E-state index contributed by atoms with van der Waals surface area (Å²) >= 11 is 0. The number of halogens is 3. The third-order valence-electron chi connectivity index (χ3n) is 2.79. The van der Waals surface area contributed by atoms with Gasteiger partial charge in [-0.2, -0.15) is 0 Å². The fourth-order valence-corrected chi connectivity index (χ4v) is 1.43. The Labute approximate surface area is 119 Å². The summed E-state index contributed by atoms with van der Waals surface area (Å²) < 4.78 is 45.0. The standard InChI is InChI=1S/C13H16F3NO4/c1-9(12(18)19)17(2)7-8-20-10-3-5-11(6-4-10)21-13(14,15)16/h3-6,9H,7-8H2,1-2H3,(H,18,19). The van der Waals surface area contributed by atoms with Gasteiger partial charge in [0.2, 0.25) is 0 Å². The molecule has 0 radical (unpaired) electrons. The lowest BCUT2D eigenvalue weighted by Crippen LogP contribution is -2.38. The molecule has 21 heavy (non-hydrogen) atoms. The Bertz CT molecular complexity index is 461. The molecule has 0 saturated heterocycles. The van der Waals surface area contributed by atoms with Crippen molar-refractivity contribution in [2.45, 2.75) is 19.3 Å². The molecule has 0 aliphatic rings. The van der Waals surface area contributed by atoms with Crippen molar-refractivity contribution >= 4 is 5.97 Å². The molecule has 1 rings (SSSR count). The van der Waals surface area contributed by atoms with Gasteiger partial charge in [0.25, 0.3) is 0 Å². The maximum absolute atomic E-state index is 12.0. The molecule has 0 amide bonds. The molecule has 118 valence electrons. The highest BCUT2D eigenvalue weighted by Gasteiger charge is 2.30. The average molecular weight is 307 g/mol. The van der Waals surface area contributed by atoms with Gasteiger partial charge in [0, 0.05) is 6.54 Å². The van der Waals surface area contributed by atoms with E-state index in [4.69, 9.17) is 9.84 Å². The average Bonchev–Trinajstić information content (AvgIpc) is 2.38. The summed E-state index contributed by atoms with van der Waals surface area (Å²) in [6.07, 6.45) is -4.72. The van der Waals surface area contributed by atoms with Crippen molar-refractivity contribution in [1.29, 1.82) is 0 Å². The van der Waals surface area contributed by atoms with Crippen LogP contribution in [0.3, 0.4) is 0 Å². The van der Waals surface area contributed by atoms with Crippen molar-refractivity contribution in [3.8, 4) is 11.5 Å². The van der Waals surface area contributed by atoms with Gasteiger partial charge < -0.3 is 14.6 Å². The van der Waals surface area contributed by atoms with Gasteiger partial charge in [-0.3, -0.25) is 9.69 Å². The van der Waals surface area contributed by atoms with Crippen molar-refractivity contribution in [2.24, 2.45) is 0 Å². The quantitative estimate of drug-likeness (QED) is 0.838. The van der Waals surface area contributed by atoms with E-state index in [9.17, 15) is 18.0 Å². The van der Waals surface area contributed by atoms with E-state index in [0.29, 0.717) is 12.3 Å². The third-order valence-corrected chi connectivity index (χ3v) is 2.79. The van der Waals surface area contributed by atoms with Gasteiger partial charge in [0.15, 0.2) is 0 Å². The molecule has 0 bridgehead atoms. The van der Waals surface area contributed by atoms with Gasteiger partial charge in [-0.1, -0.05) is 0 Å². The summed E-state index contributed by atoms with van der Waals surface area (Å²) in [5, 5.41) is 8.80. The lowest BCUT2D eigenvalue weighted by molar-refractivity contribution is -0.274. The van der Waals surface area contributed by atoms with Crippen LogP contribution in [0.2, 0.25) is 0 Å². The van der Waals surface area contributed by atoms with E-state index < -0.39 is 18.4 Å². The van der Waals surface area contributed by atoms with Crippen LogP contribution in [0.1, 0.15) is 6.92 Å². The molecule has 0 saturated carbocycles. The van der Waals surface area contributed by atoms with Gasteiger partial charge in [0.05, 0.1) is 0 Å². The minimum absolute atomic E-state index is 0.216. The Morgan fingerprint density at radius 3 is 2.29 bits per heavy atom. The molecule has 0 heterocycles. The number of benzene rings is 1. The van der Waals surface area contributed by atoms with Crippen molar-refractivity contribution in [3.05, 3.63) is 24.3 Å². The molecule has 0 fully saturated rings. The van der Waals surface area contributed by atoms with Gasteiger partial charge in [-0.25, -0.2) is 0 Å². The summed E-state index contributed by atoms with van der Waals surface area (Å²) in [6, 6.07) is 4.35. The SMILES string of the molecule is CC(C(=O)O)N(C)CCOc1ccc(OC(F)(F)F)cc1. The van der Waals surface area contributed by atoms with Crippen LogP contribution in [0.25, 0.3) is 0 Å². The van der Waals surface area contributed by atoms with Crippen molar-refractivity contribution < 1.29 is 32.5 Å². The summed E-state index contributed by atoms with van der Waals surface area (Å²) in [5.41, 5.74) is 0. The maximum atomic E-state index is 12.0. The minimum Gasteiger partial charge on any atom is -0.492 e. The zero-order valence-electron chi connectivity index (χ0n) is 11.6. The van der Waals surface area contributed by atoms with E-state index in [1.165, 1.54) is 12.1 Å². The van der Waals surface area contributed by atoms with Gasteiger partial charge >= 0.3 is 12.3 Å². The van der Waals surface area contributed by atoms with E-state index in [0.717, 1.165) is 12.1 Å². The van der Waals surface area contributed by atoms with Crippen LogP contribution in [0.4, 0.5) is 13.2 Å². The van der Waals surface area contributed by atoms with E-state index in [1.54, 1.807) is 18.9 Å². The zero-order chi connectivity index (χ0) is 16.0. The largest absolute Gasteiger partial charge is 0.573 e. The lowest BCUT2D eigenvalue weighted by Gasteiger charge is -2.20.